The van der Waals surface area contributed by atoms with Crippen LogP contribution in [0.2, 0.25) is 0 Å². The van der Waals surface area contributed by atoms with E-state index < -0.39 is 0 Å². The van der Waals surface area contributed by atoms with E-state index in [0.29, 0.717) is 0 Å². The van der Waals surface area contributed by atoms with Crippen LogP contribution in [0.5, 0.6) is 5.75 Å². The van der Waals surface area contributed by atoms with E-state index in [1.807, 2.05) is 36.1 Å². The predicted molar refractivity (Wildman–Crippen MR) is 91.7 cm³/mol. The minimum absolute atomic E-state index is 0.105. The van der Waals surface area contributed by atoms with Gasteiger partial charge in [-0.1, -0.05) is 37.0 Å². The van der Waals surface area contributed by atoms with E-state index in [9.17, 15) is 4.79 Å². The molecule has 4 heteroatoms. The molecule has 1 heterocycles. The average Bonchev–Trinajstić information content (AvgIpc) is 2.62. The van der Waals surface area contributed by atoms with Gasteiger partial charge in [0.1, 0.15) is 5.75 Å². The van der Waals surface area contributed by atoms with Crippen molar-refractivity contribution in [3.8, 4) is 5.75 Å². The Hall–Kier alpha value is -1.55. The molecule has 1 saturated heterocycles. The molecule has 0 unspecified atom stereocenters. The second kappa shape index (κ2) is 7.82. The van der Waals surface area contributed by atoms with Crippen LogP contribution >= 0.6 is 0 Å². The van der Waals surface area contributed by atoms with Crippen molar-refractivity contribution in [2.24, 2.45) is 0 Å². The van der Waals surface area contributed by atoms with E-state index in [-0.39, 0.29) is 12.5 Å². The summed E-state index contributed by atoms with van der Waals surface area (Å²) in [5, 5.41) is 0. The average molecular weight is 316 g/mol. The quantitative estimate of drug-likeness (QED) is 0.856. The lowest BCUT2D eigenvalue weighted by Gasteiger charge is -2.40. The standard InChI is InChI=1S/C19H28N2O2/c1-16-7-9-18(10-8-16)23-15-19(22)21-13-11-20(12-14-21)17-5-3-2-4-6-17/h7-10,17H,2-6,11-15H2,1H3. The summed E-state index contributed by atoms with van der Waals surface area (Å²) in [4.78, 5) is 16.8. The number of hydrogen-bond acceptors (Lipinski definition) is 3. The number of aryl methyl sites for hydroxylation is 1. The van der Waals surface area contributed by atoms with Gasteiger partial charge in [-0.3, -0.25) is 9.69 Å². The molecule has 1 saturated carbocycles. The van der Waals surface area contributed by atoms with Gasteiger partial charge in [-0.25, -0.2) is 0 Å². The van der Waals surface area contributed by atoms with Crippen LogP contribution in [0.25, 0.3) is 0 Å². The summed E-state index contributed by atoms with van der Waals surface area (Å²) in [5.74, 6) is 0.874. The number of carbonyl (C=O) groups is 1. The van der Waals surface area contributed by atoms with Crippen molar-refractivity contribution in [2.45, 2.75) is 45.1 Å². The van der Waals surface area contributed by atoms with Gasteiger partial charge in [0.15, 0.2) is 6.61 Å². The van der Waals surface area contributed by atoms with Gasteiger partial charge in [0, 0.05) is 32.2 Å². The number of benzene rings is 1. The molecule has 126 valence electrons. The molecule has 4 nitrogen and oxygen atoms in total. The maximum Gasteiger partial charge on any atom is 0.260 e. The number of piperazine rings is 1. The molecule has 0 radical (unpaired) electrons. The zero-order valence-corrected chi connectivity index (χ0v) is 14.2. The summed E-state index contributed by atoms with van der Waals surface area (Å²) in [6, 6.07) is 8.60. The van der Waals surface area contributed by atoms with Gasteiger partial charge >= 0.3 is 0 Å². The minimum Gasteiger partial charge on any atom is -0.484 e. The van der Waals surface area contributed by atoms with Gasteiger partial charge in [-0.15, -0.1) is 0 Å². The van der Waals surface area contributed by atoms with E-state index in [4.69, 9.17) is 4.74 Å². The van der Waals surface area contributed by atoms with Crippen molar-refractivity contribution in [2.75, 3.05) is 32.8 Å². The van der Waals surface area contributed by atoms with Crippen LogP contribution in [-0.4, -0.2) is 54.5 Å². The van der Waals surface area contributed by atoms with E-state index >= 15 is 0 Å². The Morgan fingerprint density at radius 2 is 1.70 bits per heavy atom. The number of rotatable bonds is 4. The summed E-state index contributed by atoms with van der Waals surface area (Å²) in [6.07, 6.45) is 6.81. The van der Waals surface area contributed by atoms with Gasteiger partial charge in [0.2, 0.25) is 0 Å². The number of hydrogen-bond donors (Lipinski definition) is 0. The summed E-state index contributed by atoms with van der Waals surface area (Å²) in [5.41, 5.74) is 1.20. The molecule has 1 aromatic carbocycles. The van der Waals surface area contributed by atoms with Crippen molar-refractivity contribution >= 4 is 5.91 Å². The third kappa shape index (κ3) is 4.47. The van der Waals surface area contributed by atoms with E-state index in [2.05, 4.69) is 4.90 Å². The first kappa shape index (κ1) is 16.3. The maximum atomic E-state index is 12.3. The number of nitrogens with zero attached hydrogens (tertiary/aromatic N) is 2. The van der Waals surface area contributed by atoms with E-state index in [0.717, 1.165) is 38.0 Å². The van der Waals surface area contributed by atoms with Crippen LogP contribution in [0.15, 0.2) is 24.3 Å². The Labute approximate surface area is 139 Å². The Morgan fingerprint density at radius 1 is 1.04 bits per heavy atom. The highest BCUT2D eigenvalue weighted by Crippen LogP contribution is 2.23. The molecule has 23 heavy (non-hydrogen) atoms. The zero-order chi connectivity index (χ0) is 16.1. The van der Waals surface area contributed by atoms with Gasteiger partial charge in [0.05, 0.1) is 0 Å². The molecule has 0 aromatic heterocycles. The van der Waals surface area contributed by atoms with Crippen LogP contribution < -0.4 is 4.74 Å². The highest BCUT2D eigenvalue weighted by molar-refractivity contribution is 5.77. The molecule has 3 rings (SSSR count). The Balaban J connectivity index is 1.41. The first-order chi connectivity index (χ1) is 11.2. The van der Waals surface area contributed by atoms with Crippen LogP contribution in [0.4, 0.5) is 0 Å². The van der Waals surface area contributed by atoms with E-state index in [1.54, 1.807) is 0 Å². The molecular weight excluding hydrogens is 288 g/mol. The lowest BCUT2D eigenvalue weighted by Crippen LogP contribution is -2.53. The van der Waals surface area contributed by atoms with Crippen LogP contribution in [0.3, 0.4) is 0 Å². The summed E-state index contributed by atoms with van der Waals surface area (Å²) in [7, 11) is 0. The monoisotopic (exact) mass is 316 g/mol. The second-order valence-corrected chi connectivity index (χ2v) is 6.81. The van der Waals surface area contributed by atoms with Gasteiger partial charge in [-0.05, 0) is 31.9 Å². The maximum absolute atomic E-state index is 12.3. The van der Waals surface area contributed by atoms with E-state index in [1.165, 1.54) is 37.7 Å². The fraction of sp³-hybridized carbons (Fsp3) is 0.632. The Kier molecular flexibility index (Phi) is 5.55. The lowest BCUT2D eigenvalue weighted by molar-refractivity contribution is -0.135. The fourth-order valence-corrected chi connectivity index (χ4v) is 3.65. The van der Waals surface area contributed by atoms with Crippen molar-refractivity contribution in [3.63, 3.8) is 0 Å². The molecule has 2 fully saturated rings. The van der Waals surface area contributed by atoms with Crippen molar-refractivity contribution in [1.82, 2.24) is 9.80 Å². The topological polar surface area (TPSA) is 32.8 Å². The highest BCUT2D eigenvalue weighted by atomic mass is 16.5. The molecule has 0 atom stereocenters. The molecule has 2 aliphatic rings. The minimum atomic E-state index is 0.105. The van der Waals surface area contributed by atoms with Crippen LogP contribution in [0.1, 0.15) is 37.7 Å². The third-order valence-corrected chi connectivity index (χ3v) is 5.14. The molecule has 1 amide bonds. The Morgan fingerprint density at radius 3 is 2.35 bits per heavy atom. The van der Waals surface area contributed by atoms with Gasteiger partial charge < -0.3 is 9.64 Å². The molecule has 1 aliphatic carbocycles. The molecule has 1 aromatic rings. The van der Waals surface area contributed by atoms with Gasteiger partial charge in [0.25, 0.3) is 5.91 Å². The normalized spacial score (nSPS) is 20.5. The second-order valence-electron chi connectivity index (χ2n) is 6.81. The van der Waals surface area contributed by atoms with Crippen molar-refractivity contribution in [1.29, 1.82) is 0 Å². The fourth-order valence-electron chi connectivity index (χ4n) is 3.65. The summed E-state index contributed by atoms with van der Waals surface area (Å²) in [6.45, 7) is 5.90. The molecular formula is C19H28N2O2. The lowest BCUT2D eigenvalue weighted by atomic mass is 9.94. The SMILES string of the molecule is Cc1ccc(OCC(=O)N2CCN(C3CCCCC3)CC2)cc1. The molecule has 0 spiro atoms. The zero-order valence-electron chi connectivity index (χ0n) is 14.2. The number of ether oxygens (including phenoxy) is 1. The summed E-state index contributed by atoms with van der Waals surface area (Å²) >= 11 is 0. The molecule has 1 aliphatic heterocycles. The number of carbonyl (C=O) groups excluding carboxylic acids is 1. The Bertz CT molecular complexity index is 501. The predicted octanol–water partition coefficient (Wildman–Crippen LogP) is 2.85. The largest absolute Gasteiger partial charge is 0.484 e. The molecule has 0 bridgehead atoms. The third-order valence-electron chi connectivity index (χ3n) is 5.14. The highest BCUT2D eigenvalue weighted by Gasteiger charge is 2.27. The summed E-state index contributed by atoms with van der Waals surface area (Å²) < 4.78 is 5.61. The number of amides is 1. The van der Waals surface area contributed by atoms with Crippen LogP contribution in [-0.2, 0) is 4.79 Å². The van der Waals surface area contributed by atoms with Crippen LogP contribution in [0, 0.1) is 6.92 Å². The van der Waals surface area contributed by atoms with Crippen molar-refractivity contribution in [3.05, 3.63) is 29.8 Å². The van der Waals surface area contributed by atoms with Gasteiger partial charge in [-0.2, -0.15) is 0 Å². The van der Waals surface area contributed by atoms with Crippen molar-refractivity contribution < 1.29 is 9.53 Å². The molecule has 0 N–H and O–H groups in total. The smallest absolute Gasteiger partial charge is 0.260 e. The first-order valence-electron chi connectivity index (χ1n) is 8.94. The first-order valence-corrected chi connectivity index (χ1v) is 8.94.